The third kappa shape index (κ3) is 3.82. The molecule has 0 spiro atoms. The Labute approximate surface area is 170 Å². The van der Waals surface area contributed by atoms with E-state index in [2.05, 4.69) is 31.2 Å². The van der Waals surface area contributed by atoms with E-state index in [-0.39, 0.29) is 11.9 Å². The number of benzene rings is 2. The van der Waals surface area contributed by atoms with Crippen LogP contribution >= 0.6 is 11.3 Å². The summed E-state index contributed by atoms with van der Waals surface area (Å²) in [7, 11) is 0. The molecule has 2 heterocycles. The van der Waals surface area contributed by atoms with E-state index in [1.807, 2.05) is 53.5 Å². The molecule has 0 radical (unpaired) electrons. The molecule has 146 valence electrons. The fraction of sp³-hybridized carbons (Fsp3) is 0.391. The van der Waals surface area contributed by atoms with Gasteiger partial charge >= 0.3 is 0 Å². The van der Waals surface area contributed by atoms with Crippen molar-refractivity contribution in [1.29, 1.82) is 0 Å². The van der Waals surface area contributed by atoms with Gasteiger partial charge in [-0.05, 0) is 38.1 Å². The molecule has 0 bridgehead atoms. The Hall–Kier alpha value is -2.24. The van der Waals surface area contributed by atoms with E-state index in [0.29, 0.717) is 12.5 Å². The number of carbonyl (C=O) groups excluding carboxylic acids is 1. The van der Waals surface area contributed by atoms with Gasteiger partial charge in [0, 0.05) is 31.0 Å². The molecule has 1 N–H and O–H groups in total. The summed E-state index contributed by atoms with van der Waals surface area (Å²) in [6.45, 7) is 6.89. The number of rotatable bonds is 5. The summed E-state index contributed by atoms with van der Waals surface area (Å²) in [5.41, 5.74) is 2.10. The second kappa shape index (κ2) is 8.41. The summed E-state index contributed by atoms with van der Waals surface area (Å²) in [6.07, 6.45) is 2.20. The molecule has 1 atom stereocenters. The number of piperidine rings is 1. The lowest BCUT2D eigenvalue weighted by molar-refractivity contribution is -0.919. The minimum atomic E-state index is -0.0172. The highest BCUT2D eigenvalue weighted by atomic mass is 32.1. The third-order valence-corrected chi connectivity index (χ3v) is 7.12. The van der Waals surface area contributed by atoms with Crippen molar-refractivity contribution in [1.82, 2.24) is 4.98 Å². The highest BCUT2D eigenvalue weighted by molar-refractivity contribution is 7.18. The van der Waals surface area contributed by atoms with Gasteiger partial charge in [0.1, 0.15) is 0 Å². The smallest absolute Gasteiger partial charge is 0.284 e. The Morgan fingerprint density at radius 1 is 1.14 bits per heavy atom. The summed E-state index contributed by atoms with van der Waals surface area (Å²) < 4.78 is 1.28. The number of nitrogens with one attached hydrogen (secondary N) is 1. The molecular formula is C23H28N3OS+. The fourth-order valence-electron chi connectivity index (χ4n) is 4.22. The maximum atomic E-state index is 13.1. The molecule has 0 unspecified atom stereocenters. The van der Waals surface area contributed by atoms with Crippen molar-refractivity contribution in [3.63, 3.8) is 0 Å². The predicted octanol–water partition coefficient (Wildman–Crippen LogP) is 3.50. The van der Waals surface area contributed by atoms with E-state index in [0.717, 1.165) is 37.1 Å². The lowest BCUT2D eigenvalue weighted by Crippen LogP contribution is -3.17. The number of likely N-dealkylation sites (tertiary alicyclic amines) is 1. The van der Waals surface area contributed by atoms with Gasteiger partial charge in [0.15, 0.2) is 6.04 Å². The van der Waals surface area contributed by atoms with Crippen molar-refractivity contribution in [3.8, 4) is 0 Å². The Morgan fingerprint density at radius 2 is 1.82 bits per heavy atom. The molecule has 2 aromatic carbocycles. The molecule has 4 rings (SSSR count). The zero-order valence-electron chi connectivity index (χ0n) is 16.6. The van der Waals surface area contributed by atoms with Crippen LogP contribution in [0.25, 0.3) is 10.2 Å². The van der Waals surface area contributed by atoms with Crippen LogP contribution in [0.4, 0.5) is 5.69 Å². The maximum absolute atomic E-state index is 13.1. The van der Waals surface area contributed by atoms with E-state index in [1.165, 1.54) is 14.6 Å². The molecule has 1 fully saturated rings. The predicted molar refractivity (Wildman–Crippen MR) is 116 cm³/mol. The lowest BCUT2D eigenvalue weighted by Gasteiger charge is -2.34. The number of thiazole rings is 1. The van der Waals surface area contributed by atoms with Crippen molar-refractivity contribution in [3.05, 3.63) is 59.6 Å². The lowest BCUT2D eigenvalue weighted by atomic mass is 9.96. The number of hydrogen-bond acceptors (Lipinski definition) is 3. The largest absolute Gasteiger partial charge is 0.325 e. The molecule has 0 aliphatic carbocycles. The van der Waals surface area contributed by atoms with Gasteiger partial charge in [0.25, 0.3) is 5.91 Å². The van der Waals surface area contributed by atoms with Gasteiger partial charge in [0.2, 0.25) is 0 Å². The molecule has 3 aromatic rings. The summed E-state index contributed by atoms with van der Waals surface area (Å²) in [6, 6.07) is 18.4. The number of likely N-dealkylation sites (N-methyl/N-ethyl adjacent to an activating group) is 1. The minimum Gasteiger partial charge on any atom is -0.325 e. The number of amides is 1. The molecule has 1 aliphatic heterocycles. The first-order valence-corrected chi connectivity index (χ1v) is 11.1. The first kappa shape index (κ1) is 19.1. The fourth-order valence-corrected chi connectivity index (χ4v) is 5.35. The van der Waals surface area contributed by atoms with Crippen LogP contribution in [-0.4, -0.2) is 36.6 Å². The van der Waals surface area contributed by atoms with Crippen LogP contribution in [0.1, 0.15) is 37.6 Å². The molecule has 28 heavy (non-hydrogen) atoms. The number of carbonyl (C=O) groups is 1. The van der Waals surface area contributed by atoms with Crippen LogP contribution in [0.15, 0.2) is 54.6 Å². The molecule has 1 amide bonds. The normalized spacial score (nSPS) is 20.8. The summed E-state index contributed by atoms with van der Waals surface area (Å²) in [5.74, 6) is 0.752. The third-order valence-electron chi connectivity index (χ3n) is 5.92. The minimum absolute atomic E-state index is 0.0172. The van der Waals surface area contributed by atoms with Crippen LogP contribution in [-0.2, 0) is 4.79 Å². The number of anilines is 1. The second-order valence-corrected chi connectivity index (χ2v) is 8.65. The first-order chi connectivity index (χ1) is 13.7. The van der Waals surface area contributed by atoms with Gasteiger partial charge in [-0.25, -0.2) is 4.98 Å². The molecular weight excluding hydrogens is 366 g/mol. The van der Waals surface area contributed by atoms with E-state index < -0.39 is 0 Å². The number of fused-ring (bicyclic) bond motifs is 1. The van der Waals surface area contributed by atoms with Crippen LogP contribution in [0.5, 0.6) is 0 Å². The summed E-state index contributed by atoms with van der Waals surface area (Å²) in [4.78, 5) is 21.3. The van der Waals surface area contributed by atoms with Crippen LogP contribution in [0.3, 0.4) is 0 Å². The van der Waals surface area contributed by atoms with E-state index >= 15 is 0 Å². The van der Waals surface area contributed by atoms with Gasteiger partial charge in [-0.15, -0.1) is 11.3 Å². The summed E-state index contributed by atoms with van der Waals surface area (Å²) in [5, 5.41) is 1.26. The Bertz CT molecular complexity index is 898. The number of quaternary nitrogens is 1. The molecule has 1 saturated heterocycles. The monoisotopic (exact) mass is 394 g/mol. The van der Waals surface area contributed by atoms with Crippen molar-refractivity contribution < 1.29 is 9.69 Å². The topological polar surface area (TPSA) is 37.6 Å². The van der Waals surface area contributed by atoms with Gasteiger partial charge in [-0.1, -0.05) is 30.3 Å². The second-order valence-electron chi connectivity index (χ2n) is 7.59. The average Bonchev–Trinajstić information content (AvgIpc) is 3.19. The van der Waals surface area contributed by atoms with Crippen LogP contribution in [0, 0.1) is 0 Å². The number of hydrogen-bond donors (Lipinski definition) is 1. The van der Waals surface area contributed by atoms with Gasteiger partial charge in [-0.3, -0.25) is 4.79 Å². The highest BCUT2D eigenvalue weighted by Crippen LogP contribution is 2.31. The van der Waals surface area contributed by atoms with E-state index in [9.17, 15) is 4.79 Å². The molecule has 5 heteroatoms. The Kier molecular flexibility index (Phi) is 5.74. The quantitative estimate of drug-likeness (QED) is 0.719. The summed E-state index contributed by atoms with van der Waals surface area (Å²) >= 11 is 1.83. The van der Waals surface area contributed by atoms with Crippen LogP contribution in [0.2, 0.25) is 0 Å². The SMILES string of the molecule is CCN(C(=O)[C@H](C)[NH+]1CCC(c2nc3ccccc3s2)CC1)c1ccccc1. The van der Waals surface area contributed by atoms with Crippen molar-refractivity contribution in [2.45, 2.75) is 38.6 Å². The van der Waals surface area contributed by atoms with Gasteiger partial charge in [-0.2, -0.15) is 0 Å². The van der Waals surface area contributed by atoms with Crippen molar-refractivity contribution in [2.24, 2.45) is 0 Å². The number of para-hydroxylation sites is 2. The zero-order valence-corrected chi connectivity index (χ0v) is 17.4. The van der Waals surface area contributed by atoms with Crippen molar-refractivity contribution >= 4 is 33.1 Å². The Balaban J connectivity index is 1.40. The highest BCUT2D eigenvalue weighted by Gasteiger charge is 2.34. The molecule has 4 nitrogen and oxygen atoms in total. The van der Waals surface area contributed by atoms with Crippen LogP contribution < -0.4 is 9.80 Å². The standard InChI is InChI=1S/C23H27N3OS/c1-3-26(19-9-5-4-6-10-19)23(27)17(2)25-15-13-18(14-16-25)22-24-20-11-7-8-12-21(20)28-22/h4-12,17-18H,3,13-16H2,1-2H3/p+1/t17-/m0/s1. The number of nitrogens with zero attached hydrogens (tertiary/aromatic N) is 2. The molecule has 1 aromatic heterocycles. The number of aromatic nitrogens is 1. The van der Waals surface area contributed by atoms with Gasteiger partial charge in [0.05, 0.1) is 28.3 Å². The van der Waals surface area contributed by atoms with Crippen molar-refractivity contribution in [2.75, 3.05) is 24.5 Å². The van der Waals surface area contributed by atoms with Gasteiger partial charge < -0.3 is 9.80 Å². The van der Waals surface area contributed by atoms with E-state index in [4.69, 9.17) is 4.98 Å². The molecule has 1 aliphatic rings. The van der Waals surface area contributed by atoms with E-state index in [1.54, 1.807) is 0 Å². The first-order valence-electron chi connectivity index (χ1n) is 10.2. The maximum Gasteiger partial charge on any atom is 0.284 e. The molecule has 0 saturated carbocycles. The average molecular weight is 395 g/mol. The Morgan fingerprint density at radius 3 is 2.50 bits per heavy atom. The zero-order chi connectivity index (χ0) is 19.5.